The lowest BCUT2D eigenvalue weighted by molar-refractivity contribution is -0.180. The number of methoxy groups -OCH3 is 2. The number of nitrogens with zero attached hydrogens (tertiary/aromatic N) is 8. The summed E-state index contributed by atoms with van der Waals surface area (Å²) in [7, 11) is 3.18. The molecule has 4 aliphatic rings. The third-order valence-corrected chi connectivity index (χ3v) is 13.6. The highest BCUT2D eigenvalue weighted by Gasteiger charge is 2.43. The summed E-state index contributed by atoms with van der Waals surface area (Å²) < 4.78 is 38.9. The van der Waals surface area contributed by atoms with Crippen molar-refractivity contribution in [2.45, 2.75) is 101 Å². The van der Waals surface area contributed by atoms with Crippen LogP contribution in [-0.2, 0) is 19.1 Å². The molecule has 2 aliphatic carbocycles. The topological polar surface area (TPSA) is 216 Å². The first kappa shape index (κ1) is 46.3. The number of esters is 2. The van der Waals surface area contributed by atoms with E-state index in [1.807, 2.05) is 83.9 Å². The zero-order chi connectivity index (χ0) is 48.5. The number of hydrogen-bond acceptors (Lipinski definition) is 16. The molecule has 18 nitrogen and oxygen atoms in total. The Hall–Kier alpha value is -7.44. The van der Waals surface area contributed by atoms with Gasteiger partial charge in [-0.2, -0.15) is 0 Å². The zero-order valence-electron chi connectivity index (χ0n) is 39.3. The molecule has 0 spiro atoms. The van der Waals surface area contributed by atoms with E-state index in [4.69, 9.17) is 38.4 Å². The Morgan fingerprint density at radius 3 is 1.43 bits per heavy atom. The smallest absolute Gasteiger partial charge is 0.338 e. The predicted octanol–water partition coefficient (Wildman–Crippen LogP) is 5.88. The molecule has 0 bridgehead atoms. The van der Waals surface area contributed by atoms with E-state index in [9.17, 15) is 19.8 Å². The van der Waals surface area contributed by atoms with Crippen LogP contribution in [0, 0.1) is 0 Å². The van der Waals surface area contributed by atoms with Crippen LogP contribution in [0.1, 0.15) is 97.6 Å². The Balaban J connectivity index is 0.818. The second-order valence-corrected chi connectivity index (χ2v) is 17.7. The molecule has 18 heteroatoms. The monoisotopic (exact) mass is 950 g/mol. The molecular formula is C52H54N8O10. The number of pyridine rings is 2. The minimum atomic E-state index is -2.17. The van der Waals surface area contributed by atoms with Crippen molar-refractivity contribution in [1.29, 1.82) is 0 Å². The molecule has 2 saturated carbocycles. The maximum Gasteiger partial charge on any atom is 0.338 e. The number of benzene rings is 2. The molecule has 6 aromatic rings. The summed E-state index contributed by atoms with van der Waals surface area (Å²) in [6, 6.07) is 15.2. The first-order valence-corrected chi connectivity index (χ1v) is 23.7. The number of aliphatic hydroxyl groups excluding tert-OH is 2. The fraction of sp³-hybridized carbons (Fsp3) is 0.385. The van der Waals surface area contributed by atoms with Crippen LogP contribution in [0.3, 0.4) is 0 Å². The summed E-state index contributed by atoms with van der Waals surface area (Å²) in [4.78, 5) is 55.2. The molecule has 2 aliphatic heterocycles. The van der Waals surface area contributed by atoms with Gasteiger partial charge in [0.2, 0.25) is 0 Å². The number of imidazole rings is 2. The molecule has 0 radical (unpaired) electrons. The van der Waals surface area contributed by atoms with Crippen molar-refractivity contribution in [3.63, 3.8) is 0 Å². The second kappa shape index (κ2) is 19.9. The maximum absolute atomic E-state index is 13.6. The maximum atomic E-state index is 13.6. The minimum absolute atomic E-state index is 0.160. The Bertz CT molecular complexity index is 2710. The van der Waals surface area contributed by atoms with Gasteiger partial charge in [-0.15, -0.1) is 0 Å². The van der Waals surface area contributed by atoms with Gasteiger partial charge in [0.15, 0.2) is 35.2 Å². The lowest BCUT2D eigenvalue weighted by Gasteiger charge is -2.39. The number of aliphatic hydroxyl groups is 2. The Morgan fingerprint density at radius 1 is 0.629 bits per heavy atom. The number of aliphatic imine (C=N–C) groups is 2. The highest BCUT2D eigenvalue weighted by Crippen LogP contribution is 2.47. The van der Waals surface area contributed by atoms with E-state index in [2.05, 4.69) is 19.9 Å². The summed E-state index contributed by atoms with van der Waals surface area (Å²) in [6.45, 7) is 4.65. The van der Waals surface area contributed by atoms with Gasteiger partial charge in [-0.1, -0.05) is 0 Å². The van der Waals surface area contributed by atoms with Crippen molar-refractivity contribution < 1.29 is 48.2 Å². The average Bonchev–Trinajstić information content (AvgIpc) is 4.15. The standard InChI is InChI=1S/C52H54N8O10/c1-5-67-43-21-33-35-19-31(9-11-39(35)57-47(37(33)23-41(43)65-3)29-7-13-45(55-25-29)59-17-15-53-27-59)69-51(63)49(61)50(62)52(64)70-32-10-12-40-36(20-32)34-22-44(68-6-2)42(66-4)24-38(34)48(58-40)30-8-14-46(56-26-30)60-18-16-54-28-60/h7-8,13-18,21-28,31-32,35-36,39-40,49-50,61-62H,5-6,9-12,19-20H2,1-4H3/t31-,32-,35-,36-,39-,40-,49?,50?/m0/s1. The van der Waals surface area contributed by atoms with E-state index >= 15 is 0 Å². The van der Waals surface area contributed by atoms with Gasteiger partial charge in [0.25, 0.3) is 0 Å². The predicted molar refractivity (Wildman–Crippen MR) is 255 cm³/mol. The van der Waals surface area contributed by atoms with Gasteiger partial charge in [0.05, 0.1) is 50.9 Å². The van der Waals surface area contributed by atoms with E-state index in [1.165, 1.54) is 0 Å². The van der Waals surface area contributed by atoms with Crippen molar-refractivity contribution in [3.05, 3.63) is 132 Å². The van der Waals surface area contributed by atoms with E-state index in [0.29, 0.717) is 86.4 Å². The van der Waals surface area contributed by atoms with Gasteiger partial charge < -0.3 is 38.6 Å². The molecule has 362 valence electrons. The molecule has 0 amide bonds. The van der Waals surface area contributed by atoms with Gasteiger partial charge in [0, 0.05) is 71.3 Å². The Morgan fingerprint density at radius 2 is 1.07 bits per heavy atom. The van der Waals surface area contributed by atoms with E-state index in [1.54, 1.807) is 51.7 Å². The van der Waals surface area contributed by atoms with E-state index in [0.717, 1.165) is 44.8 Å². The van der Waals surface area contributed by atoms with Gasteiger partial charge in [-0.3, -0.25) is 19.1 Å². The third-order valence-electron chi connectivity index (χ3n) is 13.6. The van der Waals surface area contributed by atoms with E-state index in [-0.39, 0.29) is 23.9 Å². The normalized spacial score (nSPS) is 22.1. The first-order valence-electron chi connectivity index (χ1n) is 23.7. The van der Waals surface area contributed by atoms with Crippen LogP contribution in [0.5, 0.6) is 23.0 Å². The molecule has 2 N–H and O–H groups in total. The number of carbonyl (C=O) groups excluding carboxylic acids is 2. The number of hydrogen-bond donors (Lipinski definition) is 2. The van der Waals surface area contributed by atoms with Gasteiger partial charge in [0.1, 0.15) is 36.5 Å². The van der Waals surface area contributed by atoms with Crippen LogP contribution in [-0.4, -0.2) is 127 Å². The van der Waals surface area contributed by atoms with Crippen LogP contribution >= 0.6 is 0 Å². The van der Waals surface area contributed by atoms with Gasteiger partial charge in [-0.25, -0.2) is 29.5 Å². The molecule has 2 unspecified atom stereocenters. The molecule has 10 rings (SSSR count). The van der Waals surface area contributed by atoms with Crippen molar-refractivity contribution in [3.8, 4) is 34.6 Å². The van der Waals surface area contributed by atoms with Crippen molar-refractivity contribution in [2.75, 3.05) is 27.4 Å². The second-order valence-electron chi connectivity index (χ2n) is 17.7. The summed E-state index contributed by atoms with van der Waals surface area (Å²) in [5.74, 6) is 1.10. The van der Waals surface area contributed by atoms with Crippen molar-refractivity contribution in [2.24, 2.45) is 9.98 Å². The summed E-state index contributed by atoms with van der Waals surface area (Å²) >= 11 is 0. The van der Waals surface area contributed by atoms with Crippen LogP contribution in [0.4, 0.5) is 0 Å². The van der Waals surface area contributed by atoms with Crippen molar-refractivity contribution >= 4 is 23.4 Å². The average molecular weight is 951 g/mol. The lowest BCUT2D eigenvalue weighted by Crippen LogP contribution is -2.45. The molecule has 6 heterocycles. The van der Waals surface area contributed by atoms with Crippen LogP contribution in [0.2, 0.25) is 0 Å². The largest absolute Gasteiger partial charge is 0.493 e. The van der Waals surface area contributed by atoms with Gasteiger partial charge in [-0.05, 0) is 112 Å². The lowest BCUT2D eigenvalue weighted by atomic mass is 9.74. The highest BCUT2D eigenvalue weighted by atomic mass is 16.6. The quantitative estimate of drug-likeness (QED) is 0.115. The van der Waals surface area contributed by atoms with Crippen LogP contribution in [0.25, 0.3) is 11.6 Å². The number of aromatic nitrogens is 6. The molecule has 0 saturated heterocycles. The molecular weight excluding hydrogens is 897 g/mol. The summed E-state index contributed by atoms with van der Waals surface area (Å²) in [5.41, 5.74) is 6.74. The Kier molecular flexibility index (Phi) is 13.2. The Labute approximate surface area is 404 Å². The van der Waals surface area contributed by atoms with Gasteiger partial charge >= 0.3 is 11.9 Å². The summed E-state index contributed by atoms with van der Waals surface area (Å²) in [6.07, 6.45) is 11.1. The fourth-order valence-corrected chi connectivity index (χ4v) is 10.3. The number of rotatable bonds is 15. The van der Waals surface area contributed by atoms with Crippen molar-refractivity contribution in [1.82, 2.24) is 29.1 Å². The molecule has 70 heavy (non-hydrogen) atoms. The van der Waals surface area contributed by atoms with E-state index < -0.39 is 36.4 Å². The first-order chi connectivity index (χ1) is 34.1. The molecule has 2 fully saturated rings. The minimum Gasteiger partial charge on any atom is -0.493 e. The van der Waals surface area contributed by atoms with Crippen LogP contribution < -0.4 is 18.9 Å². The molecule has 8 atom stereocenters. The number of ether oxygens (including phenoxy) is 6. The third kappa shape index (κ3) is 8.99. The zero-order valence-corrected chi connectivity index (χ0v) is 39.3. The highest BCUT2D eigenvalue weighted by molar-refractivity contribution is 6.15. The fourth-order valence-electron chi connectivity index (χ4n) is 10.3. The summed E-state index contributed by atoms with van der Waals surface area (Å²) in [5, 5.41) is 22.2. The molecule has 4 aromatic heterocycles. The number of fused-ring (bicyclic) bond motifs is 6. The molecule has 2 aromatic carbocycles. The SMILES string of the molecule is CCOc1cc2c(cc1OC)C(c1ccc(-n3ccnc3)nc1)=N[C@H]1CC[C@H](OC(=O)C(O)C(O)C(=O)O[C@H]3CC[C@@H]4N=C(c5ccc(-n6ccnc6)nc5)c5cc(OC)c(OCC)cc5[C@@H]4C3)C[C@@H]21. The van der Waals surface area contributed by atoms with Crippen LogP contribution in [0.15, 0.2) is 108 Å². The number of carbonyl (C=O) groups is 2.